The number of hydrogen-bond acceptors (Lipinski definition) is 4. The van der Waals surface area contributed by atoms with Gasteiger partial charge >= 0.3 is 0 Å². The molecule has 0 spiro atoms. The van der Waals surface area contributed by atoms with Crippen molar-refractivity contribution in [2.24, 2.45) is 0 Å². The average Bonchev–Trinajstić information content (AvgIpc) is 3.22. The summed E-state index contributed by atoms with van der Waals surface area (Å²) >= 11 is 0. The number of benzene rings is 1. The minimum absolute atomic E-state index is 0.0131. The predicted molar refractivity (Wildman–Crippen MR) is 97.1 cm³/mol. The van der Waals surface area contributed by atoms with Gasteiger partial charge in [0.05, 0.1) is 6.26 Å². The molecule has 6 nitrogen and oxygen atoms in total. The van der Waals surface area contributed by atoms with Crippen LogP contribution in [0.4, 0.5) is 0 Å². The van der Waals surface area contributed by atoms with Crippen LogP contribution in [0.25, 0.3) is 0 Å². The van der Waals surface area contributed by atoms with E-state index in [9.17, 15) is 9.59 Å². The van der Waals surface area contributed by atoms with Crippen molar-refractivity contribution < 1.29 is 18.7 Å². The molecule has 1 aromatic carbocycles. The lowest BCUT2D eigenvalue weighted by Gasteiger charge is -2.34. The quantitative estimate of drug-likeness (QED) is 0.798. The Labute approximate surface area is 153 Å². The molecular formula is C20H24N2O4. The number of ether oxygens (including phenoxy) is 1. The van der Waals surface area contributed by atoms with Crippen LogP contribution >= 0.6 is 0 Å². The Morgan fingerprint density at radius 1 is 1.04 bits per heavy atom. The van der Waals surface area contributed by atoms with E-state index in [-0.39, 0.29) is 18.4 Å². The summed E-state index contributed by atoms with van der Waals surface area (Å²) in [5, 5.41) is 0. The Balaban J connectivity index is 1.44. The SMILES string of the molecule is CCCc1ccc(OCC(=O)N2CCN(C(=O)c3ccco3)CC2)cc1. The van der Waals surface area contributed by atoms with Crippen molar-refractivity contribution in [1.82, 2.24) is 9.80 Å². The summed E-state index contributed by atoms with van der Waals surface area (Å²) in [5.74, 6) is 0.836. The molecule has 0 saturated carbocycles. The summed E-state index contributed by atoms with van der Waals surface area (Å²) in [6.07, 6.45) is 3.63. The Morgan fingerprint density at radius 2 is 1.73 bits per heavy atom. The molecule has 1 aliphatic heterocycles. The van der Waals surface area contributed by atoms with Gasteiger partial charge in [-0.05, 0) is 36.2 Å². The van der Waals surface area contributed by atoms with E-state index in [0.29, 0.717) is 37.7 Å². The van der Waals surface area contributed by atoms with Gasteiger partial charge in [0.15, 0.2) is 12.4 Å². The molecule has 1 saturated heterocycles. The third kappa shape index (κ3) is 4.45. The molecule has 138 valence electrons. The van der Waals surface area contributed by atoms with Crippen molar-refractivity contribution in [3.05, 3.63) is 54.0 Å². The number of furan rings is 1. The third-order valence-corrected chi connectivity index (χ3v) is 4.48. The number of nitrogens with zero attached hydrogens (tertiary/aromatic N) is 2. The van der Waals surface area contributed by atoms with E-state index in [2.05, 4.69) is 6.92 Å². The minimum Gasteiger partial charge on any atom is -0.484 e. The van der Waals surface area contributed by atoms with Crippen LogP contribution in [-0.2, 0) is 11.2 Å². The fraction of sp³-hybridized carbons (Fsp3) is 0.400. The summed E-state index contributed by atoms with van der Waals surface area (Å²) < 4.78 is 10.7. The van der Waals surface area contributed by atoms with Gasteiger partial charge in [0.1, 0.15) is 5.75 Å². The van der Waals surface area contributed by atoms with Gasteiger partial charge in [-0.25, -0.2) is 0 Å². The number of piperazine rings is 1. The lowest BCUT2D eigenvalue weighted by molar-refractivity contribution is -0.134. The summed E-state index contributed by atoms with van der Waals surface area (Å²) in [7, 11) is 0. The summed E-state index contributed by atoms with van der Waals surface area (Å²) in [6.45, 7) is 4.16. The minimum atomic E-state index is -0.134. The first kappa shape index (κ1) is 18.0. The highest BCUT2D eigenvalue weighted by Gasteiger charge is 2.26. The van der Waals surface area contributed by atoms with Gasteiger partial charge in [-0.2, -0.15) is 0 Å². The Hall–Kier alpha value is -2.76. The summed E-state index contributed by atoms with van der Waals surface area (Å²) in [5.41, 5.74) is 1.27. The maximum absolute atomic E-state index is 12.3. The van der Waals surface area contributed by atoms with Crippen LogP contribution in [0.15, 0.2) is 47.1 Å². The van der Waals surface area contributed by atoms with Crippen LogP contribution in [0.1, 0.15) is 29.5 Å². The Kier molecular flexibility index (Phi) is 5.94. The molecular weight excluding hydrogens is 332 g/mol. The molecule has 0 aliphatic carbocycles. The maximum atomic E-state index is 12.3. The van der Waals surface area contributed by atoms with Gasteiger partial charge in [0.25, 0.3) is 11.8 Å². The zero-order valence-corrected chi connectivity index (χ0v) is 15.0. The maximum Gasteiger partial charge on any atom is 0.289 e. The van der Waals surface area contributed by atoms with Gasteiger partial charge in [-0.3, -0.25) is 9.59 Å². The van der Waals surface area contributed by atoms with Crippen LogP contribution in [0.3, 0.4) is 0 Å². The van der Waals surface area contributed by atoms with Gasteiger partial charge in [-0.1, -0.05) is 25.5 Å². The number of aryl methyl sites for hydroxylation is 1. The second kappa shape index (κ2) is 8.56. The highest BCUT2D eigenvalue weighted by molar-refractivity contribution is 5.91. The third-order valence-electron chi connectivity index (χ3n) is 4.48. The first-order valence-electron chi connectivity index (χ1n) is 8.99. The lowest BCUT2D eigenvalue weighted by atomic mass is 10.1. The number of hydrogen-bond donors (Lipinski definition) is 0. The monoisotopic (exact) mass is 356 g/mol. The van der Waals surface area contributed by atoms with Crippen molar-refractivity contribution in [3.63, 3.8) is 0 Å². The van der Waals surface area contributed by atoms with E-state index in [1.165, 1.54) is 11.8 Å². The fourth-order valence-corrected chi connectivity index (χ4v) is 2.99. The van der Waals surface area contributed by atoms with Gasteiger partial charge in [0.2, 0.25) is 0 Å². The van der Waals surface area contributed by atoms with Crippen LogP contribution in [0.2, 0.25) is 0 Å². The first-order chi connectivity index (χ1) is 12.7. The average molecular weight is 356 g/mol. The zero-order valence-electron chi connectivity index (χ0n) is 15.0. The lowest BCUT2D eigenvalue weighted by Crippen LogP contribution is -2.51. The van der Waals surface area contributed by atoms with Crippen molar-refractivity contribution in [1.29, 1.82) is 0 Å². The Morgan fingerprint density at radius 3 is 2.35 bits per heavy atom. The van der Waals surface area contributed by atoms with Crippen LogP contribution < -0.4 is 4.74 Å². The molecule has 1 aliphatic rings. The summed E-state index contributed by atoms with van der Waals surface area (Å²) in [6, 6.07) is 11.2. The van der Waals surface area contributed by atoms with E-state index in [0.717, 1.165) is 12.8 Å². The molecule has 0 N–H and O–H groups in total. The highest BCUT2D eigenvalue weighted by Crippen LogP contribution is 2.14. The molecule has 2 heterocycles. The van der Waals surface area contributed by atoms with Crippen molar-refractivity contribution in [2.45, 2.75) is 19.8 Å². The molecule has 2 aromatic rings. The molecule has 6 heteroatoms. The topological polar surface area (TPSA) is 63.0 Å². The van der Waals surface area contributed by atoms with E-state index in [1.54, 1.807) is 21.9 Å². The molecule has 26 heavy (non-hydrogen) atoms. The van der Waals surface area contributed by atoms with Gasteiger partial charge < -0.3 is 19.0 Å². The number of carbonyl (C=O) groups excluding carboxylic acids is 2. The number of rotatable bonds is 6. The zero-order chi connectivity index (χ0) is 18.4. The van der Waals surface area contributed by atoms with E-state index < -0.39 is 0 Å². The van der Waals surface area contributed by atoms with Crippen molar-refractivity contribution in [3.8, 4) is 5.75 Å². The van der Waals surface area contributed by atoms with E-state index >= 15 is 0 Å². The predicted octanol–water partition coefficient (Wildman–Crippen LogP) is 2.60. The smallest absolute Gasteiger partial charge is 0.289 e. The van der Waals surface area contributed by atoms with Gasteiger partial charge in [0, 0.05) is 26.2 Å². The normalized spacial score (nSPS) is 14.3. The molecule has 2 amide bonds. The number of carbonyl (C=O) groups is 2. The molecule has 0 bridgehead atoms. The van der Waals surface area contributed by atoms with E-state index in [1.807, 2.05) is 24.3 Å². The molecule has 0 atom stereocenters. The van der Waals surface area contributed by atoms with E-state index in [4.69, 9.17) is 9.15 Å². The van der Waals surface area contributed by atoms with Crippen LogP contribution in [0, 0.1) is 0 Å². The van der Waals surface area contributed by atoms with Crippen molar-refractivity contribution >= 4 is 11.8 Å². The van der Waals surface area contributed by atoms with Gasteiger partial charge in [-0.15, -0.1) is 0 Å². The van der Waals surface area contributed by atoms with Crippen molar-refractivity contribution in [2.75, 3.05) is 32.8 Å². The fourth-order valence-electron chi connectivity index (χ4n) is 2.99. The number of amides is 2. The second-order valence-corrected chi connectivity index (χ2v) is 6.33. The molecule has 3 rings (SSSR count). The molecule has 0 unspecified atom stereocenters. The molecule has 0 radical (unpaired) electrons. The molecule has 1 aromatic heterocycles. The summed E-state index contributed by atoms with van der Waals surface area (Å²) in [4.78, 5) is 28.0. The highest BCUT2D eigenvalue weighted by atomic mass is 16.5. The van der Waals surface area contributed by atoms with Crippen LogP contribution in [-0.4, -0.2) is 54.4 Å². The van der Waals surface area contributed by atoms with Crippen LogP contribution in [0.5, 0.6) is 5.75 Å². The largest absolute Gasteiger partial charge is 0.484 e. The Bertz CT molecular complexity index is 717. The molecule has 1 fully saturated rings. The standard InChI is InChI=1S/C20H24N2O4/c1-2-4-16-6-8-17(9-7-16)26-15-19(23)21-10-12-22(13-11-21)20(24)18-5-3-14-25-18/h3,5-9,14H,2,4,10-13,15H2,1H3. The second-order valence-electron chi connectivity index (χ2n) is 6.33. The first-order valence-corrected chi connectivity index (χ1v) is 8.99.